The number of hydrogen-bond donors (Lipinski definition) is 0. The van der Waals surface area contributed by atoms with Gasteiger partial charge in [0.05, 0.1) is 30.4 Å². The highest BCUT2D eigenvalue weighted by Gasteiger charge is 2.26. The number of ether oxygens (including phenoxy) is 4. The molecule has 0 bridgehead atoms. The third-order valence-corrected chi connectivity index (χ3v) is 6.31. The Morgan fingerprint density at radius 1 is 0.756 bits per heavy atom. The van der Waals surface area contributed by atoms with Crippen molar-refractivity contribution in [1.29, 1.82) is 5.26 Å². The molecule has 3 aromatic rings. The van der Waals surface area contributed by atoms with E-state index in [4.69, 9.17) is 24.2 Å². The number of amides is 2. The highest BCUT2D eigenvalue weighted by atomic mass is 16.6. The van der Waals surface area contributed by atoms with Crippen LogP contribution in [0.5, 0.6) is 17.2 Å². The molecule has 1 fully saturated rings. The topological polar surface area (TPSA) is 118 Å². The number of nitrogens with zero attached hydrogens (tertiary/aromatic N) is 3. The minimum Gasteiger partial charge on any atom is -0.489 e. The smallest absolute Gasteiger partial charge is 0.409 e. The van der Waals surface area contributed by atoms with E-state index in [1.807, 2.05) is 0 Å². The van der Waals surface area contributed by atoms with Crippen LogP contribution in [0.4, 0.5) is 4.79 Å². The first-order valence-corrected chi connectivity index (χ1v) is 13.3. The quantitative estimate of drug-likeness (QED) is 0.337. The molecule has 2 amide bonds. The molecule has 1 saturated heterocycles. The summed E-state index contributed by atoms with van der Waals surface area (Å²) in [6.07, 6.45) is -0.386. The van der Waals surface area contributed by atoms with Gasteiger partial charge in [0.25, 0.3) is 5.91 Å². The lowest BCUT2D eigenvalue weighted by molar-refractivity contribution is 0.0526. The summed E-state index contributed by atoms with van der Waals surface area (Å²) in [6, 6.07) is 20.6. The van der Waals surface area contributed by atoms with E-state index in [1.165, 1.54) is 0 Å². The number of esters is 1. The van der Waals surface area contributed by atoms with E-state index >= 15 is 0 Å². The van der Waals surface area contributed by atoms with Crippen molar-refractivity contribution in [2.24, 2.45) is 0 Å². The molecule has 0 N–H and O–H groups in total. The Morgan fingerprint density at radius 2 is 1.39 bits per heavy atom. The van der Waals surface area contributed by atoms with Crippen molar-refractivity contribution in [1.82, 2.24) is 9.80 Å². The molecule has 212 valence electrons. The van der Waals surface area contributed by atoms with Gasteiger partial charge in [0.15, 0.2) is 0 Å². The molecule has 10 nitrogen and oxygen atoms in total. The van der Waals surface area contributed by atoms with Crippen molar-refractivity contribution in [2.45, 2.75) is 20.5 Å². The van der Waals surface area contributed by atoms with Gasteiger partial charge in [-0.3, -0.25) is 4.79 Å². The summed E-state index contributed by atoms with van der Waals surface area (Å²) in [5.74, 6) is 0.691. The SMILES string of the molecule is CCOC(=O)c1ccc(COc2cc(Oc3ccc(C#N)cc3)cc(C(=O)N3CCN(C(=O)OCC)CC3)c2)cc1. The summed E-state index contributed by atoms with van der Waals surface area (Å²) in [4.78, 5) is 40.7. The van der Waals surface area contributed by atoms with Gasteiger partial charge in [-0.2, -0.15) is 5.26 Å². The van der Waals surface area contributed by atoms with Gasteiger partial charge in [0.2, 0.25) is 0 Å². The third kappa shape index (κ3) is 7.76. The third-order valence-electron chi connectivity index (χ3n) is 6.31. The fourth-order valence-corrected chi connectivity index (χ4v) is 4.18. The van der Waals surface area contributed by atoms with Gasteiger partial charge in [-0.15, -0.1) is 0 Å². The van der Waals surface area contributed by atoms with Crippen molar-refractivity contribution in [3.05, 3.63) is 89.0 Å². The van der Waals surface area contributed by atoms with Crippen LogP contribution in [-0.4, -0.2) is 67.2 Å². The van der Waals surface area contributed by atoms with Crippen molar-refractivity contribution in [3.63, 3.8) is 0 Å². The molecule has 1 aliphatic heterocycles. The van der Waals surface area contributed by atoms with Gasteiger partial charge in [-0.1, -0.05) is 12.1 Å². The highest BCUT2D eigenvalue weighted by Crippen LogP contribution is 2.29. The lowest BCUT2D eigenvalue weighted by atomic mass is 10.1. The normalized spacial score (nSPS) is 12.7. The van der Waals surface area contributed by atoms with Crippen LogP contribution in [0, 0.1) is 11.3 Å². The summed E-state index contributed by atoms with van der Waals surface area (Å²) >= 11 is 0. The van der Waals surface area contributed by atoms with Gasteiger partial charge in [-0.25, -0.2) is 9.59 Å². The molecule has 4 rings (SSSR count). The van der Waals surface area contributed by atoms with E-state index < -0.39 is 0 Å². The van der Waals surface area contributed by atoms with E-state index in [9.17, 15) is 14.4 Å². The Labute approximate surface area is 238 Å². The molecule has 0 saturated carbocycles. The average Bonchev–Trinajstić information content (AvgIpc) is 3.00. The predicted molar refractivity (Wildman–Crippen MR) is 149 cm³/mol. The van der Waals surface area contributed by atoms with E-state index in [0.29, 0.717) is 73.3 Å². The summed E-state index contributed by atoms with van der Waals surface area (Å²) in [6.45, 7) is 5.76. The molecule has 0 unspecified atom stereocenters. The Kier molecular flexibility index (Phi) is 9.78. The first-order chi connectivity index (χ1) is 19.9. The molecule has 0 atom stereocenters. The van der Waals surface area contributed by atoms with E-state index in [-0.39, 0.29) is 24.6 Å². The molecule has 10 heteroatoms. The van der Waals surface area contributed by atoms with Crippen molar-refractivity contribution in [2.75, 3.05) is 39.4 Å². The van der Waals surface area contributed by atoms with Crippen molar-refractivity contribution in [3.8, 4) is 23.3 Å². The second-order valence-corrected chi connectivity index (χ2v) is 9.12. The number of benzene rings is 3. The van der Waals surface area contributed by atoms with Crippen LogP contribution in [0.15, 0.2) is 66.7 Å². The Balaban J connectivity index is 1.51. The van der Waals surface area contributed by atoms with Crippen LogP contribution in [-0.2, 0) is 16.1 Å². The van der Waals surface area contributed by atoms with Crippen LogP contribution in [0.2, 0.25) is 0 Å². The summed E-state index contributed by atoms with van der Waals surface area (Å²) in [7, 11) is 0. The molecular weight excluding hydrogens is 526 g/mol. The first kappa shape index (κ1) is 29.0. The molecule has 0 radical (unpaired) electrons. The van der Waals surface area contributed by atoms with Gasteiger partial charge in [-0.05, 0) is 67.9 Å². The van der Waals surface area contributed by atoms with E-state index in [1.54, 1.807) is 90.4 Å². The molecule has 0 aromatic heterocycles. The van der Waals surface area contributed by atoms with E-state index in [2.05, 4.69) is 6.07 Å². The number of carbonyl (C=O) groups excluding carboxylic acids is 3. The standard InChI is InChI=1S/C31H31N3O7/c1-3-38-30(36)24-9-5-23(6-10-24)21-40-27-17-25(18-28(19-27)41-26-11-7-22(20-32)8-12-26)29(35)33-13-15-34(16-14-33)31(37)39-4-2/h5-12,17-19H,3-4,13-16,21H2,1-2H3. The van der Waals surface area contributed by atoms with Crippen LogP contribution >= 0.6 is 0 Å². The highest BCUT2D eigenvalue weighted by molar-refractivity contribution is 5.95. The van der Waals surface area contributed by atoms with Crippen LogP contribution in [0.1, 0.15) is 45.7 Å². The van der Waals surface area contributed by atoms with Gasteiger partial charge in [0, 0.05) is 37.8 Å². The monoisotopic (exact) mass is 557 g/mol. The van der Waals surface area contributed by atoms with Crippen molar-refractivity contribution < 1.29 is 33.3 Å². The number of nitriles is 1. The average molecular weight is 558 g/mol. The molecule has 3 aromatic carbocycles. The summed E-state index contributed by atoms with van der Waals surface area (Å²) < 4.78 is 22.1. The molecule has 1 aliphatic rings. The fraction of sp³-hybridized carbons (Fsp3) is 0.290. The minimum atomic E-state index is -0.390. The Hall–Kier alpha value is -5.04. The second kappa shape index (κ2) is 13.8. The predicted octanol–water partition coefficient (Wildman–Crippen LogP) is 5.02. The maximum absolute atomic E-state index is 13.5. The Morgan fingerprint density at radius 3 is 2.02 bits per heavy atom. The maximum atomic E-state index is 13.5. The zero-order valence-corrected chi connectivity index (χ0v) is 23.0. The number of piperazine rings is 1. The lowest BCUT2D eigenvalue weighted by Gasteiger charge is -2.34. The van der Waals surface area contributed by atoms with Crippen molar-refractivity contribution >= 4 is 18.0 Å². The van der Waals surface area contributed by atoms with Crippen LogP contribution in [0.25, 0.3) is 0 Å². The summed E-state index contributed by atoms with van der Waals surface area (Å²) in [5, 5.41) is 9.07. The van der Waals surface area contributed by atoms with Crippen LogP contribution < -0.4 is 9.47 Å². The van der Waals surface area contributed by atoms with Crippen LogP contribution in [0.3, 0.4) is 0 Å². The number of rotatable bonds is 9. The van der Waals surface area contributed by atoms with Gasteiger partial charge in [0.1, 0.15) is 23.9 Å². The molecule has 0 spiro atoms. The number of hydrogen-bond acceptors (Lipinski definition) is 8. The molecule has 0 aliphatic carbocycles. The fourth-order valence-electron chi connectivity index (χ4n) is 4.18. The zero-order valence-electron chi connectivity index (χ0n) is 23.0. The zero-order chi connectivity index (χ0) is 29.2. The van der Waals surface area contributed by atoms with Gasteiger partial charge >= 0.3 is 12.1 Å². The van der Waals surface area contributed by atoms with Gasteiger partial charge < -0.3 is 28.7 Å². The van der Waals surface area contributed by atoms with E-state index in [0.717, 1.165) is 5.56 Å². The second-order valence-electron chi connectivity index (χ2n) is 9.12. The first-order valence-electron chi connectivity index (χ1n) is 13.3. The molecular formula is C31H31N3O7. The molecule has 1 heterocycles. The summed E-state index contributed by atoms with van der Waals surface area (Å²) in [5.41, 5.74) is 2.14. The number of carbonyl (C=O) groups is 3. The molecule has 41 heavy (non-hydrogen) atoms. The largest absolute Gasteiger partial charge is 0.489 e. The maximum Gasteiger partial charge on any atom is 0.409 e. The Bertz CT molecular complexity index is 1410. The minimum absolute atomic E-state index is 0.190. The lowest BCUT2D eigenvalue weighted by Crippen LogP contribution is -2.50.